The molecule has 0 radical (unpaired) electrons. The second-order valence-corrected chi connectivity index (χ2v) is 5.32. The molecule has 0 aromatic rings. The normalized spacial score (nSPS) is 19.9. The van der Waals surface area contributed by atoms with Gasteiger partial charge in [0.1, 0.15) is 0 Å². The monoisotopic (exact) mass is 305 g/mol. The molecule has 0 bridgehead atoms. The smallest absolute Gasteiger partial charge is 0.0819 e. The summed E-state index contributed by atoms with van der Waals surface area (Å²) in [5, 5.41) is 10.3. The Morgan fingerprint density at radius 3 is 2.32 bits per heavy atom. The number of β-amino-alcohol motifs (C(OH)–C–C–N with tert-alkyl or cyclic N) is 1. The molecule has 0 saturated carbocycles. The Bertz CT molecular complexity index is 363. The van der Waals surface area contributed by atoms with Crippen LogP contribution in [0.4, 0.5) is 0 Å². The fourth-order valence-corrected chi connectivity index (χ4v) is 2.33. The van der Waals surface area contributed by atoms with Crippen molar-refractivity contribution < 1.29 is 5.11 Å². The van der Waals surface area contributed by atoms with Gasteiger partial charge in [-0.15, -0.1) is 0 Å². The lowest BCUT2D eigenvalue weighted by molar-refractivity contribution is 0.0878. The first-order valence-corrected chi connectivity index (χ1v) is 6.97. The van der Waals surface area contributed by atoms with Gasteiger partial charge in [-0.25, -0.2) is 0 Å². The summed E-state index contributed by atoms with van der Waals surface area (Å²) in [6.07, 6.45) is 1.23. The van der Waals surface area contributed by atoms with E-state index in [0.717, 1.165) is 31.9 Å². The van der Waals surface area contributed by atoms with Crippen molar-refractivity contribution in [2.75, 3.05) is 39.3 Å². The molecule has 0 aromatic heterocycles. The molecule has 3 N–H and O–H groups in total. The molecule has 1 heterocycles. The SMILES string of the molecule is C=C/C(=C(/Cl)C(=C)Cl)N1CCN(CC(O)CN)CC1. The maximum Gasteiger partial charge on any atom is 0.0819 e. The standard InChI is InChI=1S/C13H21Cl2N3O/c1-3-12(13(15)10(2)14)18-6-4-17(5-7-18)9-11(19)8-16/h3,11,19H,1-2,4-9,16H2/b13-12-. The summed E-state index contributed by atoms with van der Waals surface area (Å²) in [5.41, 5.74) is 6.22. The van der Waals surface area contributed by atoms with Crippen LogP contribution >= 0.6 is 23.2 Å². The summed E-state index contributed by atoms with van der Waals surface area (Å²) in [4.78, 5) is 4.30. The van der Waals surface area contributed by atoms with Gasteiger partial charge in [0.2, 0.25) is 0 Å². The Morgan fingerprint density at radius 1 is 1.32 bits per heavy atom. The second kappa shape index (κ2) is 7.92. The van der Waals surface area contributed by atoms with Crippen LogP contribution in [0.3, 0.4) is 0 Å². The van der Waals surface area contributed by atoms with Crippen molar-refractivity contribution in [2.24, 2.45) is 5.73 Å². The van der Waals surface area contributed by atoms with Gasteiger partial charge >= 0.3 is 0 Å². The Hall–Kier alpha value is -0.520. The first kappa shape index (κ1) is 16.5. The van der Waals surface area contributed by atoms with E-state index in [9.17, 15) is 5.11 Å². The zero-order chi connectivity index (χ0) is 14.4. The number of aliphatic hydroxyl groups is 1. The molecule has 0 aliphatic carbocycles. The third-order valence-corrected chi connectivity index (χ3v) is 3.82. The fraction of sp³-hybridized carbons (Fsp3) is 0.538. The van der Waals surface area contributed by atoms with E-state index in [2.05, 4.69) is 23.0 Å². The number of nitrogens with zero attached hydrogens (tertiary/aromatic N) is 2. The van der Waals surface area contributed by atoms with Gasteiger partial charge < -0.3 is 15.7 Å². The van der Waals surface area contributed by atoms with Crippen molar-refractivity contribution in [2.45, 2.75) is 6.10 Å². The first-order valence-electron chi connectivity index (χ1n) is 6.22. The highest BCUT2D eigenvalue weighted by Gasteiger charge is 2.21. The van der Waals surface area contributed by atoms with Crippen LogP contribution in [-0.4, -0.2) is 60.3 Å². The van der Waals surface area contributed by atoms with Crippen LogP contribution in [0.25, 0.3) is 0 Å². The lowest BCUT2D eigenvalue weighted by Gasteiger charge is -2.37. The van der Waals surface area contributed by atoms with E-state index in [4.69, 9.17) is 28.9 Å². The highest BCUT2D eigenvalue weighted by Crippen LogP contribution is 2.25. The largest absolute Gasteiger partial charge is 0.390 e. The van der Waals surface area contributed by atoms with Crippen LogP contribution in [0.2, 0.25) is 0 Å². The summed E-state index contributed by atoms with van der Waals surface area (Å²) in [5.74, 6) is 0. The molecule has 1 fully saturated rings. The van der Waals surface area contributed by atoms with Gasteiger partial charge in [-0.05, 0) is 6.08 Å². The third kappa shape index (κ3) is 4.82. The number of allylic oxidation sites excluding steroid dienone is 3. The lowest BCUT2D eigenvalue weighted by atomic mass is 10.2. The van der Waals surface area contributed by atoms with E-state index >= 15 is 0 Å². The van der Waals surface area contributed by atoms with Gasteiger partial charge in [0.25, 0.3) is 0 Å². The fourth-order valence-electron chi connectivity index (χ4n) is 2.04. The number of hydrogen-bond acceptors (Lipinski definition) is 4. The van der Waals surface area contributed by atoms with Crippen molar-refractivity contribution in [3.05, 3.63) is 35.0 Å². The van der Waals surface area contributed by atoms with E-state index in [1.54, 1.807) is 6.08 Å². The van der Waals surface area contributed by atoms with Crippen molar-refractivity contribution in [1.82, 2.24) is 9.80 Å². The topological polar surface area (TPSA) is 52.7 Å². The van der Waals surface area contributed by atoms with Gasteiger partial charge in [-0.1, -0.05) is 36.4 Å². The van der Waals surface area contributed by atoms with Crippen LogP contribution < -0.4 is 5.73 Å². The van der Waals surface area contributed by atoms with E-state index in [1.807, 2.05) is 0 Å². The number of rotatable bonds is 6. The minimum atomic E-state index is -0.466. The quantitative estimate of drug-likeness (QED) is 0.727. The Balaban J connectivity index is 2.60. The number of halogens is 2. The van der Waals surface area contributed by atoms with Crippen LogP contribution in [0.15, 0.2) is 35.0 Å². The molecule has 19 heavy (non-hydrogen) atoms. The van der Waals surface area contributed by atoms with Gasteiger partial charge in [0, 0.05) is 39.3 Å². The average Bonchev–Trinajstić information content (AvgIpc) is 2.41. The van der Waals surface area contributed by atoms with Crippen molar-refractivity contribution >= 4 is 23.2 Å². The summed E-state index contributed by atoms with van der Waals surface area (Å²) in [7, 11) is 0. The molecule has 108 valence electrons. The van der Waals surface area contributed by atoms with Crippen LogP contribution in [0.5, 0.6) is 0 Å². The predicted octanol–water partition coefficient (Wildman–Crippen LogP) is 1.31. The molecule has 0 amide bonds. The lowest BCUT2D eigenvalue weighted by Crippen LogP contribution is -2.48. The molecule has 1 unspecified atom stereocenters. The van der Waals surface area contributed by atoms with Crippen molar-refractivity contribution in [3.63, 3.8) is 0 Å². The van der Waals surface area contributed by atoms with E-state index in [0.29, 0.717) is 16.6 Å². The summed E-state index contributed by atoms with van der Waals surface area (Å²) in [6.45, 7) is 11.6. The number of aliphatic hydroxyl groups excluding tert-OH is 1. The minimum Gasteiger partial charge on any atom is -0.390 e. The number of piperazine rings is 1. The van der Waals surface area contributed by atoms with Crippen molar-refractivity contribution in [1.29, 1.82) is 0 Å². The van der Waals surface area contributed by atoms with Gasteiger partial charge in [0.15, 0.2) is 0 Å². The Morgan fingerprint density at radius 2 is 1.89 bits per heavy atom. The van der Waals surface area contributed by atoms with Crippen LogP contribution in [0.1, 0.15) is 0 Å². The van der Waals surface area contributed by atoms with Gasteiger partial charge in [-0.3, -0.25) is 4.90 Å². The highest BCUT2D eigenvalue weighted by molar-refractivity contribution is 6.44. The minimum absolute atomic E-state index is 0.288. The molecular weight excluding hydrogens is 285 g/mol. The van der Waals surface area contributed by atoms with Crippen molar-refractivity contribution in [3.8, 4) is 0 Å². The molecule has 1 saturated heterocycles. The maximum absolute atomic E-state index is 9.54. The molecule has 1 aliphatic rings. The first-order chi connectivity index (χ1) is 8.99. The molecule has 1 atom stereocenters. The zero-order valence-corrected chi connectivity index (χ0v) is 12.5. The zero-order valence-electron chi connectivity index (χ0n) is 11.0. The molecule has 6 heteroatoms. The number of nitrogens with two attached hydrogens (primary N) is 1. The van der Waals surface area contributed by atoms with Gasteiger partial charge in [0.05, 0.1) is 21.9 Å². The molecule has 4 nitrogen and oxygen atoms in total. The van der Waals surface area contributed by atoms with E-state index < -0.39 is 6.10 Å². The molecule has 1 rings (SSSR count). The summed E-state index contributed by atoms with van der Waals surface area (Å²) in [6, 6.07) is 0. The van der Waals surface area contributed by atoms with E-state index in [1.165, 1.54) is 0 Å². The second-order valence-electron chi connectivity index (χ2n) is 4.49. The Labute approximate surface area is 124 Å². The predicted molar refractivity (Wildman–Crippen MR) is 81.1 cm³/mol. The Kier molecular flexibility index (Phi) is 6.89. The molecular formula is C13H21Cl2N3O. The van der Waals surface area contributed by atoms with E-state index in [-0.39, 0.29) is 6.54 Å². The molecule has 0 spiro atoms. The molecule has 0 aromatic carbocycles. The maximum atomic E-state index is 9.54. The average molecular weight is 306 g/mol. The number of hydrogen-bond donors (Lipinski definition) is 2. The highest BCUT2D eigenvalue weighted by atomic mass is 35.5. The van der Waals surface area contributed by atoms with Crippen LogP contribution in [-0.2, 0) is 0 Å². The summed E-state index contributed by atoms with van der Waals surface area (Å²) < 4.78 is 0. The summed E-state index contributed by atoms with van der Waals surface area (Å²) >= 11 is 11.9. The van der Waals surface area contributed by atoms with Gasteiger partial charge in [-0.2, -0.15) is 0 Å². The third-order valence-electron chi connectivity index (χ3n) is 3.11. The molecule has 1 aliphatic heterocycles. The van der Waals surface area contributed by atoms with Crippen LogP contribution in [0, 0.1) is 0 Å².